The van der Waals surface area contributed by atoms with Gasteiger partial charge in [-0.2, -0.15) is 5.10 Å². The fourth-order valence-corrected chi connectivity index (χ4v) is 2.86. The van der Waals surface area contributed by atoms with E-state index in [-0.39, 0.29) is 11.8 Å². The van der Waals surface area contributed by atoms with Gasteiger partial charge in [0.1, 0.15) is 12.4 Å². The van der Waals surface area contributed by atoms with Crippen LogP contribution in [-0.4, -0.2) is 22.2 Å². The van der Waals surface area contributed by atoms with Crippen LogP contribution in [0.5, 0.6) is 5.75 Å². The lowest BCUT2D eigenvalue weighted by atomic mass is 10.1. The number of amides is 1. The first-order valence-electron chi connectivity index (χ1n) is 9.14. The molecule has 1 aromatic heterocycles. The molecule has 5 nitrogen and oxygen atoms in total. The van der Waals surface area contributed by atoms with E-state index in [1.807, 2.05) is 41.2 Å². The molecule has 0 spiro atoms. The van der Waals surface area contributed by atoms with Crippen molar-refractivity contribution in [1.29, 1.82) is 0 Å². The van der Waals surface area contributed by atoms with E-state index in [9.17, 15) is 4.79 Å². The number of rotatable bonds is 8. The summed E-state index contributed by atoms with van der Waals surface area (Å²) in [6.07, 6.45) is 3.68. The molecule has 1 heterocycles. The zero-order valence-electron chi connectivity index (χ0n) is 15.8. The number of benzene rings is 2. The predicted molar refractivity (Wildman–Crippen MR) is 106 cm³/mol. The van der Waals surface area contributed by atoms with Crippen molar-refractivity contribution in [2.75, 3.05) is 6.54 Å². The van der Waals surface area contributed by atoms with Crippen molar-refractivity contribution in [3.8, 4) is 5.75 Å². The molecule has 3 aromatic rings. The van der Waals surface area contributed by atoms with Crippen LogP contribution in [0.15, 0.2) is 67.0 Å². The SMILES string of the molecule is Cc1cccc(COc2cccc(C(=O)NCC(C)Cn3cccn3)c2)c1. The highest BCUT2D eigenvalue weighted by Gasteiger charge is 2.10. The maximum Gasteiger partial charge on any atom is 0.251 e. The van der Waals surface area contributed by atoms with E-state index >= 15 is 0 Å². The highest BCUT2D eigenvalue weighted by molar-refractivity contribution is 5.94. The lowest BCUT2D eigenvalue weighted by Crippen LogP contribution is -2.30. The van der Waals surface area contributed by atoms with Gasteiger partial charge in [0, 0.05) is 31.0 Å². The van der Waals surface area contributed by atoms with Crippen molar-refractivity contribution in [3.63, 3.8) is 0 Å². The van der Waals surface area contributed by atoms with E-state index in [1.165, 1.54) is 5.56 Å². The summed E-state index contributed by atoms with van der Waals surface area (Å²) < 4.78 is 7.71. The molecule has 0 fully saturated rings. The van der Waals surface area contributed by atoms with Gasteiger partial charge in [-0.15, -0.1) is 0 Å². The van der Waals surface area contributed by atoms with Crippen molar-refractivity contribution in [2.24, 2.45) is 5.92 Å². The van der Waals surface area contributed by atoms with Gasteiger partial charge in [0.15, 0.2) is 0 Å². The lowest BCUT2D eigenvalue weighted by molar-refractivity contribution is 0.0946. The third-order valence-corrected chi connectivity index (χ3v) is 4.25. The zero-order chi connectivity index (χ0) is 19.1. The Bertz CT molecular complexity index is 875. The van der Waals surface area contributed by atoms with Crippen LogP contribution in [0.4, 0.5) is 0 Å². The Morgan fingerprint density at radius 2 is 2.04 bits per heavy atom. The smallest absolute Gasteiger partial charge is 0.251 e. The van der Waals surface area contributed by atoms with Crippen LogP contribution < -0.4 is 10.1 Å². The molecular formula is C22H25N3O2. The van der Waals surface area contributed by atoms with Crippen LogP contribution >= 0.6 is 0 Å². The standard InChI is InChI=1S/C22H25N3O2/c1-17-6-3-7-19(12-17)16-27-21-9-4-8-20(13-21)22(26)23-14-18(2)15-25-11-5-10-24-25/h3-13,18H,14-16H2,1-2H3,(H,23,26). The first-order chi connectivity index (χ1) is 13.1. The van der Waals surface area contributed by atoms with Gasteiger partial charge in [-0.3, -0.25) is 9.48 Å². The van der Waals surface area contributed by atoms with Gasteiger partial charge >= 0.3 is 0 Å². The summed E-state index contributed by atoms with van der Waals surface area (Å²) in [6.45, 7) is 5.98. The van der Waals surface area contributed by atoms with Gasteiger partial charge in [0.2, 0.25) is 0 Å². The number of nitrogens with zero attached hydrogens (tertiary/aromatic N) is 2. The van der Waals surface area contributed by atoms with Crippen molar-refractivity contribution >= 4 is 5.91 Å². The van der Waals surface area contributed by atoms with Crippen molar-refractivity contribution in [1.82, 2.24) is 15.1 Å². The highest BCUT2D eigenvalue weighted by Crippen LogP contribution is 2.16. The Morgan fingerprint density at radius 3 is 2.81 bits per heavy atom. The first kappa shape index (κ1) is 18.7. The van der Waals surface area contributed by atoms with E-state index in [0.717, 1.165) is 12.1 Å². The third-order valence-electron chi connectivity index (χ3n) is 4.25. The number of carbonyl (C=O) groups is 1. The molecule has 1 N–H and O–H groups in total. The van der Waals surface area contributed by atoms with Crippen LogP contribution in [0.25, 0.3) is 0 Å². The second kappa shape index (κ2) is 9.03. The minimum atomic E-state index is -0.0941. The molecule has 140 valence electrons. The quantitative estimate of drug-likeness (QED) is 0.662. The second-order valence-electron chi connectivity index (χ2n) is 6.85. The Kier molecular flexibility index (Phi) is 6.26. The molecule has 3 rings (SSSR count). The van der Waals surface area contributed by atoms with E-state index in [4.69, 9.17) is 4.74 Å². The van der Waals surface area contributed by atoms with Gasteiger partial charge in [-0.1, -0.05) is 42.8 Å². The van der Waals surface area contributed by atoms with Crippen LogP contribution in [0.3, 0.4) is 0 Å². The highest BCUT2D eigenvalue weighted by atomic mass is 16.5. The van der Waals surface area contributed by atoms with Crippen LogP contribution in [0.1, 0.15) is 28.4 Å². The molecule has 1 amide bonds. The number of hydrogen-bond acceptors (Lipinski definition) is 3. The van der Waals surface area contributed by atoms with Crippen LogP contribution in [-0.2, 0) is 13.2 Å². The molecule has 0 aliphatic heterocycles. The average Bonchev–Trinajstić information content (AvgIpc) is 3.18. The number of aryl methyl sites for hydroxylation is 1. The van der Waals surface area contributed by atoms with E-state index in [0.29, 0.717) is 24.5 Å². The number of hydrogen-bond donors (Lipinski definition) is 1. The minimum absolute atomic E-state index is 0.0941. The summed E-state index contributed by atoms with van der Waals surface area (Å²) in [5.41, 5.74) is 2.91. The van der Waals surface area contributed by atoms with E-state index in [2.05, 4.69) is 36.4 Å². The van der Waals surface area contributed by atoms with Gasteiger partial charge < -0.3 is 10.1 Å². The molecule has 0 bridgehead atoms. The number of nitrogens with one attached hydrogen (secondary N) is 1. The molecule has 1 atom stereocenters. The zero-order valence-corrected chi connectivity index (χ0v) is 15.8. The minimum Gasteiger partial charge on any atom is -0.489 e. The van der Waals surface area contributed by atoms with E-state index in [1.54, 1.807) is 18.3 Å². The van der Waals surface area contributed by atoms with Crippen molar-refractivity contribution in [2.45, 2.75) is 27.0 Å². The summed E-state index contributed by atoms with van der Waals surface area (Å²) in [5.74, 6) is 0.881. The molecule has 5 heteroatoms. The normalized spacial score (nSPS) is 11.8. The van der Waals surface area contributed by atoms with Gasteiger partial charge in [0.05, 0.1) is 0 Å². The summed E-state index contributed by atoms with van der Waals surface area (Å²) in [6, 6.07) is 17.4. The monoisotopic (exact) mass is 363 g/mol. The fraction of sp³-hybridized carbons (Fsp3) is 0.273. The molecule has 0 aliphatic carbocycles. The Hall–Kier alpha value is -3.08. The number of aromatic nitrogens is 2. The number of ether oxygens (including phenoxy) is 1. The molecule has 2 aromatic carbocycles. The Labute approximate surface area is 160 Å². The molecule has 1 unspecified atom stereocenters. The summed E-state index contributed by atoms with van der Waals surface area (Å²) in [5, 5.41) is 7.18. The lowest BCUT2D eigenvalue weighted by Gasteiger charge is -2.13. The molecule has 0 radical (unpaired) electrons. The van der Waals surface area contributed by atoms with E-state index < -0.39 is 0 Å². The molecule has 0 saturated heterocycles. The van der Waals surface area contributed by atoms with Crippen LogP contribution in [0, 0.1) is 12.8 Å². The number of carbonyl (C=O) groups excluding carboxylic acids is 1. The second-order valence-corrected chi connectivity index (χ2v) is 6.85. The molecule has 0 saturated carbocycles. The van der Waals surface area contributed by atoms with Gasteiger partial charge in [-0.25, -0.2) is 0 Å². The Morgan fingerprint density at radius 1 is 1.19 bits per heavy atom. The fourth-order valence-electron chi connectivity index (χ4n) is 2.86. The third kappa shape index (κ3) is 5.71. The van der Waals surface area contributed by atoms with Crippen LogP contribution in [0.2, 0.25) is 0 Å². The summed E-state index contributed by atoms with van der Waals surface area (Å²) in [7, 11) is 0. The topological polar surface area (TPSA) is 56.1 Å². The molecular weight excluding hydrogens is 338 g/mol. The molecule has 27 heavy (non-hydrogen) atoms. The Balaban J connectivity index is 1.52. The van der Waals surface area contributed by atoms with Crippen molar-refractivity contribution < 1.29 is 9.53 Å². The van der Waals surface area contributed by atoms with Gasteiger partial charge in [0.25, 0.3) is 5.91 Å². The van der Waals surface area contributed by atoms with Crippen molar-refractivity contribution in [3.05, 3.63) is 83.7 Å². The summed E-state index contributed by atoms with van der Waals surface area (Å²) in [4.78, 5) is 12.4. The first-order valence-corrected chi connectivity index (χ1v) is 9.14. The maximum atomic E-state index is 12.4. The largest absolute Gasteiger partial charge is 0.489 e. The van der Waals surface area contributed by atoms with Gasteiger partial charge in [-0.05, 0) is 42.7 Å². The molecule has 0 aliphatic rings. The maximum absolute atomic E-state index is 12.4. The predicted octanol–water partition coefficient (Wildman–Crippen LogP) is 3.84. The summed E-state index contributed by atoms with van der Waals surface area (Å²) >= 11 is 0. The average molecular weight is 363 g/mol.